The fourth-order valence-corrected chi connectivity index (χ4v) is 4.56. The average Bonchev–Trinajstić information content (AvgIpc) is 3.18. The molecule has 3 heterocycles. The van der Waals surface area contributed by atoms with E-state index >= 15 is 0 Å². The van der Waals surface area contributed by atoms with Crippen molar-refractivity contribution in [1.82, 2.24) is 24.2 Å². The topological polar surface area (TPSA) is 78.0 Å². The Morgan fingerprint density at radius 3 is 2.11 bits per heavy atom. The van der Waals surface area contributed by atoms with Gasteiger partial charge in [0.15, 0.2) is 11.3 Å². The molecule has 0 aliphatic rings. The van der Waals surface area contributed by atoms with Gasteiger partial charge in [-0.2, -0.15) is 9.78 Å². The molecule has 0 aliphatic heterocycles. The van der Waals surface area contributed by atoms with Crippen LogP contribution in [0, 0.1) is 6.92 Å². The molecular weight excluding hydrogens is 460 g/mol. The van der Waals surface area contributed by atoms with Crippen molar-refractivity contribution in [3.63, 3.8) is 0 Å². The van der Waals surface area contributed by atoms with Crippen LogP contribution in [0.25, 0.3) is 38.9 Å². The number of benzene rings is 3. The summed E-state index contributed by atoms with van der Waals surface area (Å²) in [6, 6.07) is 25.4. The van der Waals surface area contributed by atoms with Crippen molar-refractivity contribution in [3.8, 4) is 5.69 Å². The first-order valence-electron chi connectivity index (χ1n) is 12.2. The Labute approximate surface area is 213 Å². The predicted octanol–water partition coefficient (Wildman–Crippen LogP) is 5.77. The number of fused-ring (bicyclic) bond motifs is 4. The van der Waals surface area contributed by atoms with Crippen molar-refractivity contribution in [2.45, 2.75) is 33.1 Å². The Hall–Kier alpha value is -4.65. The number of aryl methyl sites for hydroxylation is 1. The number of hydrogen-bond donors (Lipinski definition) is 0. The van der Waals surface area contributed by atoms with E-state index in [2.05, 4.69) is 32.9 Å². The third kappa shape index (κ3) is 3.89. The van der Waals surface area contributed by atoms with Crippen LogP contribution in [0.5, 0.6) is 0 Å². The monoisotopic (exact) mass is 486 g/mol. The molecule has 182 valence electrons. The van der Waals surface area contributed by atoms with E-state index in [0.717, 1.165) is 16.8 Å². The lowest BCUT2D eigenvalue weighted by molar-refractivity contribution is 0.590. The average molecular weight is 487 g/mol. The number of hydrogen-bond acceptors (Lipinski definition) is 5. The van der Waals surface area contributed by atoms with E-state index in [0.29, 0.717) is 33.5 Å². The van der Waals surface area contributed by atoms with Gasteiger partial charge in [-0.1, -0.05) is 75.4 Å². The second-order valence-corrected chi connectivity index (χ2v) is 10.1. The van der Waals surface area contributed by atoms with Crippen molar-refractivity contribution in [3.05, 3.63) is 106 Å². The lowest BCUT2D eigenvalue weighted by Crippen LogP contribution is -2.22. The van der Waals surface area contributed by atoms with Crippen molar-refractivity contribution in [1.29, 1.82) is 0 Å². The van der Waals surface area contributed by atoms with E-state index in [1.54, 1.807) is 15.5 Å². The largest absolute Gasteiger partial charge is 0.269 e. The Morgan fingerprint density at radius 1 is 0.784 bits per heavy atom. The molecule has 3 aromatic carbocycles. The van der Waals surface area contributed by atoms with Crippen LogP contribution < -0.4 is 5.56 Å². The molecular formula is C30H26N6O. The summed E-state index contributed by atoms with van der Waals surface area (Å²) in [6.07, 6.45) is 1.77. The van der Waals surface area contributed by atoms with Gasteiger partial charge in [-0.05, 0) is 47.7 Å². The van der Waals surface area contributed by atoms with E-state index in [4.69, 9.17) is 20.1 Å². The van der Waals surface area contributed by atoms with Crippen molar-refractivity contribution < 1.29 is 0 Å². The van der Waals surface area contributed by atoms with Crippen LogP contribution in [0.1, 0.15) is 37.7 Å². The van der Waals surface area contributed by atoms with E-state index in [9.17, 15) is 4.79 Å². The normalized spacial score (nSPS) is 12.3. The first-order chi connectivity index (χ1) is 17.8. The Kier molecular flexibility index (Phi) is 5.22. The maximum absolute atomic E-state index is 13.9. The van der Waals surface area contributed by atoms with Gasteiger partial charge >= 0.3 is 0 Å². The second kappa shape index (κ2) is 8.48. The van der Waals surface area contributed by atoms with Gasteiger partial charge in [0.1, 0.15) is 16.7 Å². The zero-order chi connectivity index (χ0) is 25.7. The summed E-state index contributed by atoms with van der Waals surface area (Å²) < 4.78 is 3.24. The molecule has 7 nitrogen and oxygen atoms in total. The third-order valence-corrected chi connectivity index (χ3v) is 6.54. The first-order valence-corrected chi connectivity index (χ1v) is 12.2. The number of nitrogens with zero attached hydrogens (tertiary/aromatic N) is 6. The minimum absolute atomic E-state index is 0.0687. The summed E-state index contributed by atoms with van der Waals surface area (Å²) in [6.45, 7) is 8.39. The molecule has 7 heteroatoms. The molecule has 0 fully saturated rings. The molecule has 0 N–H and O–H groups in total. The van der Waals surface area contributed by atoms with Crippen LogP contribution in [-0.2, 0) is 5.41 Å². The number of rotatable bonds is 3. The molecule has 0 aliphatic carbocycles. The van der Waals surface area contributed by atoms with Crippen LogP contribution in [0.3, 0.4) is 0 Å². The Bertz CT molecular complexity index is 1870. The number of aromatic nitrogens is 5. The van der Waals surface area contributed by atoms with Crippen molar-refractivity contribution in [2.24, 2.45) is 5.10 Å². The summed E-state index contributed by atoms with van der Waals surface area (Å²) in [4.78, 5) is 28.4. The molecule has 0 radical (unpaired) electrons. The van der Waals surface area contributed by atoms with Gasteiger partial charge in [-0.15, -0.1) is 0 Å². The first kappa shape index (κ1) is 22.8. The van der Waals surface area contributed by atoms with Gasteiger partial charge < -0.3 is 0 Å². The smallest absolute Gasteiger partial charge is 0.268 e. The SMILES string of the molecule is Cc1nc2c(c(=O)n1-c1ccccc1)c1nc3ccccc3nc1n2/N=C/c1ccc(C(C)(C)C)cc1. The highest BCUT2D eigenvalue weighted by molar-refractivity contribution is 6.05. The van der Waals surface area contributed by atoms with Crippen molar-refractivity contribution >= 4 is 39.4 Å². The van der Waals surface area contributed by atoms with E-state index in [1.807, 2.05) is 73.7 Å². The molecule has 0 unspecified atom stereocenters. The molecule has 0 amide bonds. The predicted molar refractivity (Wildman–Crippen MR) is 149 cm³/mol. The van der Waals surface area contributed by atoms with E-state index in [-0.39, 0.29) is 11.0 Å². The van der Waals surface area contributed by atoms with Crippen LogP contribution in [0.2, 0.25) is 0 Å². The molecule has 0 saturated heterocycles. The summed E-state index contributed by atoms with van der Waals surface area (Å²) in [7, 11) is 0. The van der Waals surface area contributed by atoms with Gasteiger partial charge in [0.2, 0.25) is 0 Å². The standard InChI is InChI=1S/C30H26N6O/c1-19-32-27-25(29(37)35(19)22-10-6-5-7-11-22)26-28(34-24-13-9-8-12-23(24)33-26)36(27)31-18-20-14-16-21(17-15-20)30(2,3)4/h5-18H,1-4H3/b31-18+. The van der Waals surface area contributed by atoms with Gasteiger partial charge in [0.05, 0.1) is 22.9 Å². The maximum atomic E-state index is 13.9. The molecule has 0 bridgehead atoms. The Balaban J connectivity index is 1.62. The summed E-state index contributed by atoms with van der Waals surface area (Å²) >= 11 is 0. The molecule has 0 spiro atoms. The summed E-state index contributed by atoms with van der Waals surface area (Å²) in [5.41, 5.74) is 5.64. The van der Waals surface area contributed by atoms with Crippen molar-refractivity contribution in [2.75, 3.05) is 0 Å². The zero-order valence-electron chi connectivity index (χ0n) is 21.2. The van der Waals surface area contributed by atoms with Gasteiger partial charge in [-0.3, -0.25) is 9.36 Å². The zero-order valence-corrected chi connectivity index (χ0v) is 21.2. The highest BCUT2D eigenvalue weighted by Gasteiger charge is 2.21. The van der Waals surface area contributed by atoms with Crippen LogP contribution in [0.4, 0.5) is 0 Å². The molecule has 6 rings (SSSR count). The van der Waals surface area contributed by atoms with E-state index in [1.165, 1.54) is 5.56 Å². The molecule has 3 aromatic heterocycles. The second-order valence-electron chi connectivity index (χ2n) is 10.1. The molecule has 6 aromatic rings. The van der Waals surface area contributed by atoms with Gasteiger partial charge in [-0.25, -0.2) is 15.0 Å². The van der Waals surface area contributed by atoms with Crippen LogP contribution in [0.15, 0.2) is 88.8 Å². The number of para-hydroxylation sites is 3. The third-order valence-electron chi connectivity index (χ3n) is 6.54. The van der Waals surface area contributed by atoms with Crippen LogP contribution >= 0.6 is 0 Å². The highest BCUT2D eigenvalue weighted by Crippen LogP contribution is 2.26. The lowest BCUT2D eigenvalue weighted by atomic mass is 9.87. The molecule has 37 heavy (non-hydrogen) atoms. The minimum Gasteiger partial charge on any atom is -0.268 e. The fraction of sp³-hybridized carbons (Fsp3) is 0.167. The highest BCUT2D eigenvalue weighted by atomic mass is 16.1. The van der Waals surface area contributed by atoms with Gasteiger partial charge in [0, 0.05) is 0 Å². The summed E-state index contributed by atoms with van der Waals surface area (Å²) in [5.74, 6) is 0.557. The van der Waals surface area contributed by atoms with E-state index < -0.39 is 0 Å². The molecule has 0 saturated carbocycles. The minimum atomic E-state index is -0.202. The fourth-order valence-electron chi connectivity index (χ4n) is 4.56. The maximum Gasteiger partial charge on any atom is 0.269 e. The molecule has 0 atom stereocenters. The quantitative estimate of drug-likeness (QED) is 0.298. The lowest BCUT2D eigenvalue weighted by Gasteiger charge is -2.18. The Morgan fingerprint density at radius 2 is 1.43 bits per heavy atom. The summed E-state index contributed by atoms with van der Waals surface area (Å²) in [5, 5.41) is 5.15. The van der Waals surface area contributed by atoms with Gasteiger partial charge in [0.25, 0.3) is 5.56 Å². The van der Waals surface area contributed by atoms with Crippen LogP contribution in [-0.4, -0.2) is 30.4 Å².